The summed E-state index contributed by atoms with van der Waals surface area (Å²) in [4.78, 5) is 8.93. The topological polar surface area (TPSA) is 54.5 Å². The van der Waals surface area contributed by atoms with Crippen LogP contribution in [0.4, 0.5) is 0 Å². The van der Waals surface area contributed by atoms with Crippen molar-refractivity contribution in [1.29, 1.82) is 5.26 Å². The molecule has 18 heavy (non-hydrogen) atoms. The summed E-state index contributed by atoms with van der Waals surface area (Å²) in [5, 5.41) is 9.21. The lowest BCUT2D eigenvalue weighted by molar-refractivity contribution is 0.605. The Morgan fingerprint density at radius 3 is 2.94 bits per heavy atom. The van der Waals surface area contributed by atoms with E-state index in [1.807, 2.05) is 6.07 Å². The van der Waals surface area contributed by atoms with Crippen molar-refractivity contribution < 1.29 is 0 Å². The SMILES string of the molecule is CC(C)c1nc2cc(Cl)cnc2n1CCCC#N. The Labute approximate surface area is 111 Å². The predicted octanol–water partition coefficient (Wildman–Crippen LogP) is 3.51. The van der Waals surface area contributed by atoms with Crippen LogP contribution in [-0.2, 0) is 6.54 Å². The van der Waals surface area contributed by atoms with Crippen LogP contribution in [0.2, 0.25) is 5.02 Å². The summed E-state index contributed by atoms with van der Waals surface area (Å²) in [6, 6.07) is 3.99. The summed E-state index contributed by atoms with van der Waals surface area (Å²) in [7, 11) is 0. The minimum atomic E-state index is 0.320. The van der Waals surface area contributed by atoms with Gasteiger partial charge < -0.3 is 4.57 Å². The number of fused-ring (bicyclic) bond motifs is 1. The Morgan fingerprint density at radius 1 is 1.50 bits per heavy atom. The highest BCUT2D eigenvalue weighted by molar-refractivity contribution is 6.31. The van der Waals surface area contributed by atoms with E-state index in [1.165, 1.54) is 0 Å². The van der Waals surface area contributed by atoms with Gasteiger partial charge in [-0.25, -0.2) is 9.97 Å². The maximum atomic E-state index is 8.62. The normalized spacial score (nSPS) is 11.1. The summed E-state index contributed by atoms with van der Waals surface area (Å²) >= 11 is 5.93. The Morgan fingerprint density at radius 2 is 2.28 bits per heavy atom. The van der Waals surface area contributed by atoms with E-state index < -0.39 is 0 Å². The fourth-order valence-electron chi connectivity index (χ4n) is 1.98. The van der Waals surface area contributed by atoms with Gasteiger partial charge in [-0.05, 0) is 12.5 Å². The van der Waals surface area contributed by atoms with Gasteiger partial charge in [-0.3, -0.25) is 0 Å². The molecule has 0 spiro atoms. The number of aromatic nitrogens is 3. The molecule has 0 aromatic carbocycles. The van der Waals surface area contributed by atoms with E-state index >= 15 is 0 Å². The van der Waals surface area contributed by atoms with E-state index in [0.29, 0.717) is 17.4 Å². The molecular weight excluding hydrogens is 248 g/mol. The average Bonchev–Trinajstić information content (AvgIpc) is 2.68. The third-order valence-electron chi connectivity index (χ3n) is 2.77. The zero-order valence-corrected chi connectivity index (χ0v) is 11.3. The van der Waals surface area contributed by atoms with Crippen LogP contribution >= 0.6 is 11.6 Å². The van der Waals surface area contributed by atoms with Gasteiger partial charge in [0.15, 0.2) is 5.65 Å². The number of unbranched alkanes of at least 4 members (excludes halogenated alkanes) is 1. The maximum Gasteiger partial charge on any atom is 0.160 e. The van der Waals surface area contributed by atoms with Gasteiger partial charge in [0, 0.05) is 25.1 Å². The number of hydrogen-bond acceptors (Lipinski definition) is 3. The van der Waals surface area contributed by atoms with E-state index in [2.05, 4.69) is 34.5 Å². The summed E-state index contributed by atoms with van der Waals surface area (Å²) in [5.41, 5.74) is 1.67. The molecule has 0 aliphatic heterocycles. The molecule has 0 fully saturated rings. The third-order valence-corrected chi connectivity index (χ3v) is 2.97. The van der Waals surface area contributed by atoms with Gasteiger partial charge >= 0.3 is 0 Å². The second-order valence-corrected chi connectivity index (χ2v) is 4.97. The lowest BCUT2D eigenvalue weighted by atomic mass is 10.2. The Hall–Kier alpha value is -1.60. The number of rotatable bonds is 4. The van der Waals surface area contributed by atoms with Crippen LogP contribution in [0.5, 0.6) is 0 Å². The highest BCUT2D eigenvalue weighted by Crippen LogP contribution is 2.23. The maximum absolute atomic E-state index is 8.62. The molecule has 5 heteroatoms. The second kappa shape index (κ2) is 5.36. The molecule has 2 aromatic rings. The minimum absolute atomic E-state index is 0.320. The minimum Gasteiger partial charge on any atom is -0.312 e. The number of imidazole rings is 1. The number of pyridine rings is 1. The van der Waals surface area contributed by atoms with Crippen molar-refractivity contribution in [3.63, 3.8) is 0 Å². The fourth-order valence-corrected chi connectivity index (χ4v) is 2.13. The Bertz CT molecular complexity index is 595. The number of nitriles is 1. The number of aryl methyl sites for hydroxylation is 1. The molecule has 4 nitrogen and oxygen atoms in total. The van der Waals surface area contributed by atoms with Crippen molar-refractivity contribution in [2.24, 2.45) is 0 Å². The number of halogens is 1. The van der Waals surface area contributed by atoms with Crippen molar-refractivity contribution in [3.05, 3.63) is 23.1 Å². The highest BCUT2D eigenvalue weighted by Gasteiger charge is 2.14. The van der Waals surface area contributed by atoms with Crippen molar-refractivity contribution in [2.75, 3.05) is 0 Å². The lowest BCUT2D eigenvalue weighted by Crippen LogP contribution is -2.06. The number of hydrogen-bond donors (Lipinski definition) is 0. The van der Waals surface area contributed by atoms with Crippen LogP contribution in [0.25, 0.3) is 11.2 Å². The third kappa shape index (κ3) is 2.46. The zero-order chi connectivity index (χ0) is 13.1. The first-order valence-corrected chi connectivity index (χ1v) is 6.40. The molecule has 94 valence electrons. The van der Waals surface area contributed by atoms with Crippen LogP contribution < -0.4 is 0 Å². The second-order valence-electron chi connectivity index (χ2n) is 4.53. The molecule has 0 aliphatic rings. The first kappa shape index (κ1) is 12.8. The van der Waals surface area contributed by atoms with Gasteiger partial charge in [-0.2, -0.15) is 5.26 Å². The summed E-state index contributed by atoms with van der Waals surface area (Å²) in [6.07, 6.45) is 2.99. The first-order chi connectivity index (χ1) is 8.63. The number of nitrogens with zero attached hydrogens (tertiary/aromatic N) is 4. The predicted molar refractivity (Wildman–Crippen MR) is 71.5 cm³/mol. The van der Waals surface area contributed by atoms with Crippen LogP contribution in [0.15, 0.2) is 12.3 Å². The van der Waals surface area contributed by atoms with Crippen molar-refractivity contribution >= 4 is 22.8 Å². The monoisotopic (exact) mass is 262 g/mol. The van der Waals surface area contributed by atoms with Crippen LogP contribution in [-0.4, -0.2) is 14.5 Å². The van der Waals surface area contributed by atoms with Gasteiger partial charge in [0.25, 0.3) is 0 Å². The standard InChI is InChI=1S/C13H15ClN4/c1-9(2)12-17-11-7-10(14)8-16-13(11)18(12)6-4-3-5-15/h7-9H,3-4,6H2,1-2H3. The van der Waals surface area contributed by atoms with Crippen LogP contribution in [0, 0.1) is 11.3 Å². The molecule has 2 heterocycles. The lowest BCUT2D eigenvalue weighted by Gasteiger charge is -2.09. The van der Waals surface area contributed by atoms with Crippen LogP contribution in [0.3, 0.4) is 0 Å². The Kier molecular flexibility index (Phi) is 3.83. The molecule has 0 radical (unpaired) electrons. The van der Waals surface area contributed by atoms with Crippen LogP contribution in [0.1, 0.15) is 38.4 Å². The molecule has 0 saturated heterocycles. The molecule has 0 bridgehead atoms. The largest absolute Gasteiger partial charge is 0.312 e. The van der Waals surface area contributed by atoms with E-state index in [-0.39, 0.29) is 0 Å². The molecule has 2 aromatic heterocycles. The van der Waals surface area contributed by atoms with E-state index in [1.54, 1.807) is 6.20 Å². The average molecular weight is 263 g/mol. The van der Waals surface area contributed by atoms with Gasteiger partial charge in [0.1, 0.15) is 11.3 Å². The molecule has 2 rings (SSSR count). The molecule has 0 atom stereocenters. The molecule has 0 amide bonds. The smallest absolute Gasteiger partial charge is 0.160 e. The molecular formula is C13H15ClN4. The fraction of sp³-hybridized carbons (Fsp3) is 0.462. The van der Waals surface area contributed by atoms with E-state index in [9.17, 15) is 0 Å². The molecule has 0 unspecified atom stereocenters. The van der Waals surface area contributed by atoms with Gasteiger partial charge in [0.2, 0.25) is 0 Å². The highest BCUT2D eigenvalue weighted by atomic mass is 35.5. The van der Waals surface area contributed by atoms with E-state index in [0.717, 1.165) is 30.0 Å². The van der Waals surface area contributed by atoms with Gasteiger partial charge in [-0.1, -0.05) is 25.4 Å². The molecule has 0 saturated carbocycles. The molecule has 0 aliphatic carbocycles. The van der Waals surface area contributed by atoms with Crippen molar-refractivity contribution in [1.82, 2.24) is 14.5 Å². The van der Waals surface area contributed by atoms with E-state index in [4.69, 9.17) is 16.9 Å². The van der Waals surface area contributed by atoms with Crippen molar-refractivity contribution in [3.8, 4) is 6.07 Å². The summed E-state index contributed by atoms with van der Waals surface area (Å²) in [5.74, 6) is 1.32. The first-order valence-electron chi connectivity index (χ1n) is 6.02. The Balaban J connectivity index is 2.46. The quantitative estimate of drug-likeness (QED) is 0.793. The summed E-state index contributed by atoms with van der Waals surface area (Å²) in [6.45, 7) is 4.97. The summed E-state index contributed by atoms with van der Waals surface area (Å²) < 4.78 is 2.09. The van der Waals surface area contributed by atoms with Crippen molar-refractivity contribution in [2.45, 2.75) is 39.2 Å². The molecule has 0 N–H and O–H groups in total. The zero-order valence-electron chi connectivity index (χ0n) is 10.5. The van der Waals surface area contributed by atoms with Gasteiger partial charge in [-0.15, -0.1) is 0 Å². The van der Waals surface area contributed by atoms with Gasteiger partial charge in [0.05, 0.1) is 11.1 Å².